The lowest BCUT2D eigenvalue weighted by Crippen LogP contribution is -2.65. The van der Waals surface area contributed by atoms with Crippen LogP contribution in [0.25, 0.3) is 0 Å². The highest BCUT2D eigenvalue weighted by Crippen LogP contribution is 2.30. The van der Waals surface area contributed by atoms with E-state index in [2.05, 4.69) is 4.90 Å². The smallest absolute Gasteiger partial charge is 0.158 e. The van der Waals surface area contributed by atoms with Crippen LogP contribution < -0.4 is 5.73 Å². The van der Waals surface area contributed by atoms with Gasteiger partial charge in [-0.1, -0.05) is 31.2 Å². The fourth-order valence-corrected chi connectivity index (χ4v) is 2.93. The standard InChI is InChI=1S/C14H22N2O2/c1-2-13(18)14(8-4-3-5-12(14)15)16-9-6-11(17)7-10-16/h3-5,8,11-12,17H,2,6-7,9-10,15H2,1H3/t12?,14-/m1/s1. The maximum atomic E-state index is 12.4. The first-order valence-electron chi connectivity index (χ1n) is 6.69. The van der Waals surface area contributed by atoms with Gasteiger partial charge >= 0.3 is 0 Å². The zero-order chi connectivity index (χ0) is 13.2. The Kier molecular flexibility index (Phi) is 4.00. The predicted molar refractivity (Wildman–Crippen MR) is 71.1 cm³/mol. The second kappa shape index (κ2) is 5.34. The molecule has 4 heteroatoms. The fraction of sp³-hybridized carbons (Fsp3) is 0.643. The van der Waals surface area contributed by atoms with E-state index in [-0.39, 0.29) is 17.9 Å². The number of likely N-dealkylation sites (tertiary alicyclic amines) is 1. The Morgan fingerprint density at radius 2 is 2.11 bits per heavy atom. The van der Waals surface area contributed by atoms with Crippen LogP contribution in [0.1, 0.15) is 26.2 Å². The molecule has 1 unspecified atom stereocenters. The minimum Gasteiger partial charge on any atom is -0.393 e. The van der Waals surface area contributed by atoms with Gasteiger partial charge < -0.3 is 10.8 Å². The van der Waals surface area contributed by atoms with Gasteiger partial charge in [-0.15, -0.1) is 0 Å². The average Bonchev–Trinajstić information content (AvgIpc) is 2.40. The summed E-state index contributed by atoms with van der Waals surface area (Å²) in [5.74, 6) is 0.159. The van der Waals surface area contributed by atoms with Gasteiger partial charge in [0.05, 0.1) is 12.1 Å². The topological polar surface area (TPSA) is 66.6 Å². The van der Waals surface area contributed by atoms with E-state index in [9.17, 15) is 9.90 Å². The van der Waals surface area contributed by atoms with E-state index in [4.69, 9.17) is 5.73 Å². The summed E-state index contributed by atoms with van der Waals surface area (Å²) >= 11 is 0. The quantitative estimate of drug-likeness (QED) is 0.770. The molecule has 0 aromatic rings. The SMILES string of the molecule is CCC(=O)[C@@]1(N2CCC(O)CC2)C=CC=CC1N. The van der Waals surface area contributed by atoms with Crippen molar-refractivity contribution in [3.8, 4) is 0 Å². The lowest BCUT2D eigenvalue weighted by Gasteiger charge is -2.47. The van der Waals surface area contributed by atoms with Gasteiger partial charge in [0.25, 0.3) is 0 Å². The van der Waals surface area contributed by atoms with Gasteiger partial charge in [0, 0.05) is 19.5 Å². The second-order valence-corrected chi connectivity index (χ2v) is 5.09. The summed E-state index contributed by atoms with van der Waals surface area (Å²) in [7, 11) is 0. The number of carbonyl (C=O) groups is 1. The molecule has 4 nitrogen and oxygen atoms in total. The Morgan fingerprint density at radius 3 is 2.67 bits per heavy atom. The van der Waals surface area contributed by atoms with Crippen LogP contribution in [-0.4, -0.2) is 46.6 Å². The van der Waals surface area contributed by atoms with Gasteiger partial charge in [0.2, 0.25) is 0 Å². The van der Waals surface area contributed by atoms with Gasteiger partial charge in [0.1, 0.15) is 5.54 Å². The van der Waals surface area contributed by atoms with Crippen LogP contribution in [0.5, 0.6) is 0 Å². The molecule has 0 saturated carbocycles. The number of allylic oxidation sites excluding steroid dienone is 2. The summed E-state index contributed by atoms with van der Waals surface area (Å²) < 4.78 is 0. The normalized spacial score (nSPS) is 33.8. The van der Waals surface area contributed by atoms with Crippen molar-refractivity contribution in [2.75, 3.05) is 13.1 Å². The first-order valence-corrected chi connectivity index (χ1v) is 6.69. The lowest BCUT2D eigenvalue weighted by molar-refractivity contribution is -0.130. The maximum Gasteiger partial charge on any atom is 0.158 e. The molecule has 0 aromatic carbocycles. The first-order chi connectivity index (χ1) is 8.61. The Balaban J connectivity index is 2.28. The molecule has 1 aliphatic carbocycles. The molecule has 2 aliphatic rings. The number of nitrogens with zero attached hydrogens (tertiary/aromatic N) is 1. The minimum atomic E-state index is -0.705. The molecular formula is C14H22N2O2. The van der Waals surface area contributed by atoms with Crippen molar-refractivity contribution < 1.29 is 9.90 Å². The monoisotopic (exact) mass is 250 g/mol. The number of rotatable bonds is 3. The van der Waals surface area contributed by atoms with Gasteiger partial charge in [-0.25, -0.2) is 0 Å². The van der Waals surface area contributed by atoms with Crippen LogP contribution >= 0.6 is 0 Å². The number of hydrogen-bond acceptors (Lipinski definition) is 4. The lowest BCUT2D eigenvalue weighted by atomic mass is 9.79. The molecule has 2 rings (SSSR count). The largest absolute Gasteiger partial charge is 0.393 e. The highest BCUT2D eigenvalue weighted by Gasteiger charge is 2.46. The van der Waals surface area contributed by atoms with Gasteiger partial charge in [-0.3, -0.25) is 9.69 Å². The Hall–Kier alpha value is -0.970. The zero-order valence-corrected chi connectivity index (χ0v) is 10.9. The molecule has 1 heterocycles. The van der Waals surface area contributed by atoms with Crippen LogP contribution in [0, 0.1) is 0 Å². The summed E-state index contributed by atoms with van der Waals surface area (Å²) in [5, 5.41) is 9.60. The highest BCUT2D eigenvalue weighted by atomic mass is 16.3. The molecule has 0 radical (unpaired) electrons. The molecule has 100 valence electrons. The van der Waals surface area contributed by atoms with E-state index in [1.807, 2.05) is 31.2 Å². The van der Waals surface area contributed by atoms with E-state index < -0.39 is 5.54 Å². The van der Waals surface area contributed by atoms with Crippen LogP contribution in [0.2, 0.25) is 0 Å². The molecule has 0 aromatic heterocycles. The molecule has 0 bridgehead atoms. The maximum absolute atomic E-state index is 12.4. The van der Waals surface area contributed by atoms with Crippen LogP contribution in [0.4, 0.5) is 0 Å². The molecule has 2 atom stereocenters. The van der Waals surface area contributed by atoms with Crippen molar-refractivity contribution in [2.24, 2.45) is 5.73 Å². The van der Waals surface area contributed by atoms with E-state index >= 15 is 0 Å². The third-order valence-electron chi connectivity index (χ3n) is 4.04. The van der Waals surface area contributed by atoms with Crippen molar-refractivity contribution in [1.82, 2.24) is 4.90 Å². The van der Waals surface area contributed by atoms with E-state index in [1.54, 1.807) is 0 Å². The van der Waals surface area contributed by atoms with Crippen molar-refractivity contribution in [3.63, 3.8) is 0 Å². The third-order valence-corrected chi connectivity index (χ3v) is 4.04. The van der Waals surface area contributed by atoms with Crippen molar-refractivity contribution in [2.45, 2.75) is 43.9 Å². The van der Waals surface area contributed by atoms with E-state index in [0.717, 1.165) is 13.1 Å². The third kappa shape index (κ3) is 2.16. The molecule has 1 fully saturated rings. The number of ketones is 1. The number of nitrogens with two attached hydrogens (primary N) is 1. The molecule has 0 amide bonds. The summed E-state index contributed by atoms with van der Waals surface area (Å²) in [6.07, 6.45) is 9.28. The highest BCUT2D eigenvalue weighted by molar-refractivity contribution is 5.92. The molecule has 0 spiro atoms. The zero-order valence-electron chi connectivity index (χ0n) is 10.9. The Morgan fingerprint density at radius 1 is 1.44 bits per heavy atom. The number of Topliss-reactive ketones (excluding diaryl/α,β-unsaturated/α-hetero) is 1. The fourth-order valence-electron chi connectivity index (χ4n) is 2.93. The number of aliphatic hydroxyl groups is 1. The van der Waals surface area contributed by atoms with E-state index in [1.165, 1.54) is 0 Å². The first kappa shape index (κ1) is 13.5. The van der Waals surface area contributed by atoms with Crippen molar-refractivity contribution >= 4 is 5.78 Å². The summed E-state index contributed by atoms with van der Waals surface area (Å²) in [6.45, 7) is 3.32. The predicted octanol–water partition coefficient (Wildman–Crippen LogP) is 0.614. The number of piperidine rings is 1. The number of hydrogen-bond donors (Lipinski definition) is 2. The van der Waals surface area contributed by atoms with Crippen LogP contribution in [-0.2, 0) is 4.79 Å². The Bertz CT molecular complexity index is 370. The minimum absolute atomic E-state index is 0.159. The van der Waals surface area contributed by atoms with E-state index in [0.29, 0.717) is 19.3 Å². The van der Waals surface area contributed by atoms with Gasteiger partial charge in [-0.05, 0) is 12.8 Å². The molecule has 18 heavy (non-hydrogen) atoms. The molecule has 1 saturated heterocycles. The average molecular weight is 250 g/mol. The Labute approximate surface area is 108 Å². The van der Waals surface area contributed by atoms with Gasteiger partial charge in [-0.2, -0.15) is 0 Å². The van der Waals surface area contributed by atoms with Crippen molar-refractivity contribution in [3.05, 3.63) is 24.3 Å². The molecule has 3 N–H and O–H groups in total. The summed E-state index contributed by atoms with van der Waals surface area (Å²) in [6, 6.07) is -0.301. The number of carbonyl (C=O) groups excluding carboxylic acids is 1. The van der Waals surface area contributed by atoms with Crippen LogP contribution in [0.15, 0.2) is 24.3 Å². The second-order valence-electron chi connectivity index (χ2n) is 5.09. The molecular weight excluding hydrogens is 228 g/mol. The summed E-state index contributed by atoms with van der Waals surface area (Å²) in [4.78, 5) is 14.5. The number of aliphatic hydroxyl groups excluding tert-OH is 1. The van der Waals surface area contributed by atoms with Crippen LogP contribution in [0.3, 0.4) is 0 Å². The van der Waals surface area contributed by atoms with Gasteiger partial charge in [0.15, 0.2) is 5.78 Å². The summed E-state index contributed by atoms with van der Waals surface area (Å²) in [5.41, 5.74) is 5.49. The van der Waals surface area contributed by atoms with Crippen molar-refractivity contribution in [1.29, 1.82) is 0 Å². The molecule has 1 aliphatic heterocycles.